The standard InChI is InChI=1S/C16H20N4O4S/c21-14(12-24-15-3-1-2-13(10-15)20(22)23)11-18-5-7-19(8-6-18)16-17-4-9-25-16/h1-4,9-10,14,21H,5-8,11-12H2/t14-/m1/s1. The first kappa shape index (κ1) is 17.6. The summed E-state index contributed by atoms with van der Waals surface area (Å²) < 4.78 is 5.48. The van der Waals surface area contributed by atoms with Crippen LogP contribution in [0.2, 0.25) is 0 Å². The average molecular weight is 364 g/mol. The molecule has 2 heterocycles. The number of thiazole rings is 1. The summed E-state index contributed by atoms with van der Waals surface area (Å²) in [6.07, 6.45) is 1.16. The molecule has 0 saturated carbocycles. The lowest BCUT2D eigenvalue weighted by Gasteiger charge is -2.35. The van der Waals surface area contributed by atoms with Crippen molar-refractivity contribution in [1.29, 1.82) is 0 Å². The number of nitrogens with zero attached hydrogens (tertiary/aromatic N) is 4. The molecule has 0 bridgehead atoms. The van der Waals surface area contributed by atoms with Crippen LogP contribution in [-0.4, -0.2) is 65.3 Å². The van der Waals surface area contributed by atoms with Gasteiger partial charge in [0, 0.05) is 50.4 Å². The maximum absolute atomic E-state index is 10.8. The molecular weight excluding hydrogens is 344 g/mol. The van der Waals surface area contributed by atoms with E-state index in [1.165, 1.54) is 12.1 Å². The van der Waals surface area contributed by atoms with E-state index in [1.54, 1.807) is 29.7 Å². The van der Waals surface area contributed by atoms with Crippen molar-refractivity contribution in [2.45, 2.75) is 6.10 Å². The van der Waals surface area contributed by atoms with Crippen molar-refractivity contribution >= 4 is 22.2 Å². The van der Waals surface area contributed by atoms with Crippen molar-refractivity contribution in [2.24, 2.45) is 0 Å². The zero-order chi connectivity index (χ0) is 17.6. The molecule has 1 aliphatic heterocycles. The summed E-state index contributed by atoms with van der Waals surface area (Å²) in [7, 11) is 0. The number of rotatable bonds is 7. The van der Waals surface area contributed by atoms with Crippen LogP contribution in [0.15, 0.2) is 35.8 Å². The van der Waals surface area contributed by atoms with Crippen molar-refractivity contribution in [2.75, 3.05) is 44.2 Å². The summed E-state index contributed by atoms with van der Waals surface area (Å²) in [4.78, 5) is 19.0. The highest BCUT2D eigenvalue weighted by molar-refractivity contribution is 7.13. The van der Waals surface area contributed by atoms with Gasteiger partial charge in [0.2, 0.25) is 0 Å². The third-order valence-corrected chi connectivity index (χ3v) is 4.83. The predicted octanol–water partition coefficient (Wildman–Crippen LogP) is 1.61. The second-order valence-corrected chi connectivity index (χ2v) is 6.69. The number of hydrogen-bond donors (Lipinski definition) is 1. The Labute approximate surface area is 149 Å². The number of anilines is 1. The summed E-state index contributed by atoms with van der Waals surface area (Å²) in [5.41, 5.74) is -0.0229. The topological polar surface area (TPSA) is 92.0 Å². The van der Waals surface area contributed by atoms with Gasteiger partial charge in [0.15, 0.2) is 5.13 Å². The molecule has 2 aromatic rings. The first-order chi connectivity index (χ1) is 12.1. The van der Waals surface area contributed by atoms with Crippen LogP contribution in [-0.2, 0) is 0 Å². The fourth-order valence-electron chi connectivity index (χ4n) is 2.72. The Morgan fingerprint density at radius 1 is 1.36 bits per heavy atom. The number of benzene rings is 1. The van der Waals surface area contributed by atoms with Crippen LogP contribution in [0, 0.1) is 10.1 Å². The van der Waals surface area contributed by atoms with Crippen molar-refractivity contribution < 1.29 is 14.8 Å². The third-order valence-electron chi connectivity index (χ3n) is 4.00. The van der Waals surface area contributed by atoms with Gasteiger partial charge >= 0.3 is 0 Å². The Bertz CT molecular complexity index is 689. The van der Waals surface area contributed by atoms with Crippen LogP contribution in [0.5, 0.6) is 5.75 Å². The Morgan fingerprint density at radius 3 is 2.84 bits per heavy atom. The van der Waals surface area contributed by atoms with Gasteiger partial charge in [-0.15, -0.1) is 11.3 Å². The lowest BCUT2D eigenvalue weighted by molar-refractivity contribution is -0.384. The largest absolute Gasteiger partial charge is 0.491 e. The smallest absolute Gasteiger partial charge is 0.273 e. The van der Waals surface area contributed by atoms with E-state index >= 15 is 0 Å². The third kappa shape index (κ3) is 4.88. The second-order valence-electron chi connectivity index (χ2n) is 5.82. The Balaban J connectivity index is 1.42. The molecule has 134 valence electrons. The zero-order valence-corrected chi connectivity index (χ0v) is 14.5. The number of hydrogen-bond acceptors (Lipinski definition) is 8. The molecule has 1 atom stereocenters. The molecule has 1 aromatic heterocycles. The highest BCUT2D eigenvalue weighted by Gasteiger charge is 2.21. The summed E-state index contributed by atoms with van der Waals surface area (Å²) in [5.74, 6) is 0.391. The van der Waals surface area contributed by atoms with Gasteiger partial charge in [0.25, 0.3) is 5.69 Å². The van der Waals surface area contributed by atoms with Gasteiger partial charge in [-0.05, 0) is 6.07 Å². The summed E-state index contributed by atoms with van der Waals surface area (Å²) in [6, 6.07) is 5.98. The number of ether oxygens (including phenoxy) is 1. The Morgan fingerprint density at radius 2 is 2.16 bits per heavy atom. The van der Waals surface area contributed by atoms with Gasteiger partial charge in [-0.3, -0.25) is 15.0 Å². The zero-order valence-electron chi connectivity index (χ0n) is 13.7. The van der Waals surface area contributed by atoms with Crippen molar-refractivity contribution in [3.63, 3.8) is 0 Å². The van der Waals surface area contributed by atoms with E-state index < -0.39 is 11.0 Å². The molecule has 1 fully saturated rings. The maximum atomic E-state index is 10.8. The lowest BCUT2D eigenvalue weighted by atomic mass is 10.2. The number of nitro groups is 1. The molecule has 8 nitrogen and oxygen atoms in total. The molecule has 0 radical (unpaired) electrons. The highest BCUT2D eigenvalue weighted by atomic mass is 32.1. The van der Waals surface area contributed by atoms with Gasteiger partial charge in [0.1, 0.15) is 18.5 Å². The molecule has 25 heavy (non-hydrogen) atoms. The van der Waals surface area contributed by atoms with Crippen molar-refractivity contribution in [3.8, 4) is 5.75 Å². The minimum atomic E-state index is -0.648. The summed E-state index contributed by atoms with van der Waals surface area (Å²) in [5, 5.41) is 23.9. The molecule has 0 spiro atoms. The van der Waals surface area contributed by atoms with Crippen LogP contribution in [0.1, 0.15) is 0 Å². The molecule has 0 amide bonds. The van der Waals surface area contributed by atoms with Crippen molar-refractivity contribution in [3.05, 3.63) is 46.0 Å². The molecule has 9 heteroatoms. The molecule has 1 N–H and O–H groups in total. The molecule has 1 saturated heterocycles. The molecule has 3 rings (SSSR count). The molecule has 1 aromatic carbocycles. The maximum Gasteiger partial charge on any atom is 0.273 e. The number of aromatic nitrogens is 1. The average Bonchev–Trinajstić information content (AvgIpc) is 3.15. The van der Waals surface area contributed by atoms with E-state index in [-0.39, 0.29) is 12.3 Å². The first-order valence-corrected chi connectivity index (χ1v) is 8.92. The van der Waals surface area contributed by atoms with Crippen LogP contribution in [0.4, 0.5) is 10.8 Å². The summed E-state index contributed by atoms with van der Waals surface area (Å²) in [6.45, 7) is 4.09. The minimum absolute atomic E-state index is 0.0229. The Kier molecular flexibility index (Phi) is 5.79. The number of aliphatic hydroxyl groups is 1. The second kappa shape index (κ2) is 8.24. The normalized spacial score (nSPS) is 16.6. The number of non-ortho nitro benzene ring substituents is 1. The Hall–Kier alpha value is -2.23. The van der Waals surface area contributed by atoms with Crippen LogP contribution in [0.25, 0.3) is 0 Å². The first-order valence-electron chi connectivity index (χ1n) is 8.04. The minimum Gasteiger partial charge on any atom is -0.491 e. The van der Waals surface area contributed by atoms with Gasteiger partial charge in [0.05, 0.1) is 11.0 Å². The van der Waals surface area contributed by atoms with E-state index in [2.05, 4.69) is 14.8 Å². The number of nitro benzene ring substituents is 1. The van der Waals surface area contributed by atoms with Crippen molar-refractivity contribution in [1.82, 2.24) is 9.88 Å². The lowest BCUT2D eigenvalue weighted by Crippen LogP contribution is -2.49. The predicted molar refractivity (Wildman–Crippen MR) is 95.4 cm³/mol. The van der Waals surface area contributed by atoms with Gasteiger partial charge in [-0.2, -0.15) is 0 Å². The van der Waals surface area contributed by atoms with E-state index in [4.69, 9.17) is 4.74 Å². The van der Waals surface area contributed by atoms with E-state index in [9.17, 15) is 15.2 Å². The number of β-amino-alcohol motifs (C(OH)–C–C–N with tert-alkyl or cyclic N) is 1. The van der Waals surface area contributed by atoms with E-state index in [0.717, 1.165) is 31.3 Å². The number of aliphatic hydroxyl groups excluding tert-OH is 1. The van der Waals surface area contributed by atoms with Gasteiger partial charge < -0.3 is 14.7 Å². The van der Waals surface area contributed by atoms with Crippen LogP contribution < -0.4 is 9.64 Å². The fourth-order valence-corrected chi connectivity index (χ4v) is 3.42. The van der Waals surface area contributed by atoms with E-state index in [0.29, 0.717) is 12.3 Å². The highest BCUT2D eigenvalue weighted by Crippen LogP contribution is 2.20. The van der Waals surface area contributed by atoms with Crippen LogP contribution >= 0.6 is 11.3 Å². The van der Waals surface area contributed by atoms with Gasteiger partial charge in [-0.1, -0.05) is 6.07 Å². The van der Waals surface area contributed by atoms with Crippen LogP contribution in [0.3, 0.4) is 0 Å². The van der Waals surface area contributed by atoms with Gasteiger partial charge in [-0.25, -0.2) is 4.98 Å². The quantitative estimate of drug-likeness (QED) is 0.589. The number of piperazine rings is 1. The molecular formula is C16H20N4O4S. The molecule has 1 aliphatic rings. The SMILES string of the molecule is O=[N+]([O-])c1cccc(OC[C@H](O)CN2CCN(c3nccs3)CC2)c1. The fraction of sp³-hybridized carbons (Fsp3) is 0.438. The van der Waals surface area contributed by atoms with E-state index in [1.807, 2.05) is 5.38 Å². The monoisotopic (exact) mass is 364 g/mol. The molecule has 0 aliphatic carbocycles. The summed E-state index contributed by atoms with van der Waals surface area (Å²) >= 11 is 1.63. The molecule has 0 unspecified atom stereocenters.